The van der Waals surface area contributed by atoms with Crippen LogP contribution in [0.1, 0.15) is 38.3 Å². The van der Waals surface area contributed by atoms with Crippen molar-refractivity contribution in [2.75, 3.05) is 19.8 Å². The number of carbonyl (C=O) groups is 1. The second kappa shape index (κ2) is 7.49. The molecule has 122 valence electrons. The third kappa shape index (κ3) is 3.91. The molecule has 0 aliphatic carbocycles. The number of ether oxygens (including phenoxy) is 2. The Morgan fingerprint density at radius 2 is 1.82 bits per heavy atom. The summed E-state index contributed by atoms with van der Waals surface area (Å²) in [4.78, 5) is 14.1. The Kier molecular flexibility index (Phi) is 5.66. The van der Waals surface area contributed by atoms with Crippen LogP contribution in [0.5, 0.6) is 11.5 Å². The molecule has 1 heterocycles. The van der Waals surface area contributed by atoms with Crippen LogP contribution in [0.2, 0.25) is 0 Å². The van der Waals surface area contributed by atoms with Gasteiger partial charge in [0.15, 0.2) is 11.5 Å². The van der Waals surface area contributed by atoms with Crippen LogP contribution in [0.4, 0.5) is 0 Å². The Hall–Kier alpha value is -1.75. The SMILES string of the molecule is CCOc1cc2c(cc1OCC)CN(C(=O)CC(C)N)CC2. The summed E-state index contributed by atoms with van der Waals surface area (Å²) in [6.07, 6.45) is 1.23. The Labute approximate surface area is 132 Å². The first-order valence-electron chi connectivity index (χ1n) is 7.99. The standard InChI is InChI=1S/C17H26N2O3/c1-4-21-15-9-13-6-7-19(17(20)8-12(3)18)11-14(13)10-16(15)22-5-2/h9-10,12H,4-8,11,18H2,1-3H3. The molecule has 0 saturated heterocycles. The topological polar surface area (TPSA) is 64.8 Å². The average Bonchev–Trinajstić information content (AvgIpc) is 2.47. The summed E-state index contributed by atoms with van der Waals surface area (Å²) in [5.41, 5.74) is 8.10. The van der Waals surface area contributed by atoms with Gasteiger partial charge in [0, 0.05) is 25.6 Å². The summed E-state index contributed by atoms with van der Waals surface area (Å²) in [6.45, 7) is 8.32. The normalized spacial score (nSPS) is 15.2. The van der Waals surface area contributed by atoms with Crippen LogP contribution >= 0.6 is 0 Å². The fourth-order valence-corrected chi connectivity index (χ4v) is 2.72. The summed E-state index contributed by atoms with van der Waals surface area (Å²) in [5, 5.41) is 0. The van der Waals surface area contributed by atoms with Gasteiger partial charge in [0.25, 0.3) is 0 Å². The average molecular weight is 306 g/mol. The molecular formula is C17H26N2O3. The third-order valence-electron chi connectivity index (χ3n) is 3.73. The Bertz CT molecular complexity index is 529. The van der Waals surface area contributed by atoms with Crippen molar-refractivity contribution >= 4 is 5.91 Å². The first-order chi connectivity index (χ1) is 10.5. The smallest absolute Gasteiger partial charge is 0.224 e. The molecule has 1 aromatic rings. The second-order valence-electron chi connectivity index (χ2n) is 5.68. The maximum Gasteiger partial charge on any atom is 0.224 e. The highest BCUT2D eigenvalue weighted by Gasteiger charge is 2.23. The van der Waals surface area contributed by atoms with Crippen LogP contribution in [0.15, 0.2) is 12.1 Å². The molecular weight excluding hydrogens is 280 g/mol. The van der Waals surface area contributed by atoms with Crippen LogP contribution in [-0.4, -0.2) is 36.6 Å². The molecule has 0 saturated carbocycles. The van der Waals surface area contributed by atoms with Crippen LogP contribution in [0.25, 0.3) is 0 Å². The largest absolute Gasteiger partial charge is 0.490 e. The Morgan fingerprint density at radius 1 is 1.23 bits per heavy atom. The molecule has 5 heteroatoms. The number of fused-ring (bicyclic) bond motifs is 1. The van der Waals surface area contributed by atoms with Gasteiger partial charge >= 0.3 is 0 Å². The molecule has 1 atom stereocenters. The van der Waals surface area contributed by atoms with Crippen molar-refractivity contribution in [1.82, 2.24) is 4.90 Å². The molecule has 1 aliphatic heterocycles. The van der Waals surface area contributed by atoms with E-state index >= 15 is 0 Å². The molecule has 2 rings (SSSR count). The van der Waals surface area contributed by atoms with Crippen LogP contribution < -0.4 is 15.2 Å². The lowest BCUT2D eigenvalue weighted by Gasteiger charge is -2.30. The summed E-state index contributed by atoms with van der Waals surface area (Å²) in [5.74, 6) is 1.66. The van der Waals surface area contributed by atoms with E-state index in [1.807, 2.05) is 31.7 Å². The molecule has 2 N–H and O–H groups in total. The van der Waals surface area contributed by atoms with Gasteiger partial charge in [-0.25, -0.2) is 0 Å². The van der Waals surface area contributed by atoms with Gasteiger partial charge in [-0.15, -0.1) is 0 Å². The van der Waals surface area contributed by atoms with E-state index in [1.54, 1.807) is 0 Å². The molecule has 0 aromatic heterocycles. The molecule has 1 amide bonds. The molecule has 22 heavy (non-hydrogen) atoms. The van der Waals surface area contributed by atoms with Crippen molar-refractivity contribution in [3.8, 4) is 11.5 Å². The van der Waals surface area contributed by atoms with Crippen molar-refractivity contribution in [1.29, 1.82) is 0 Å². The van der Waals surface area contributed by atoms with E-state index < -0.39 is 0 Å². The summed E-state index contributed by atoms with van der Waals surface area (Å²) in [6, 6.07) is 3.96. The molecule has 1 unspecified atom stereocenters. The lowest BCUT2D eigenvalue weighted by atomic mass is 9.98. The van der Waals surface area contributed by atoms with E-state index in [-0.39, 0.29) is 11.9 Å². The van der Waals surface area contributed by atoms with Crippen LogP contribution in [0, 0.1) is 0 Å². The van der Waals surface area contributed by atoms with Crippen molar-refractivity contribution in [2.45, 2.75) is 46.2 Å². The van der Waals surface area contributed by atoms with Gasteiger partial charge in [-0.2, -0.15) is 0 Å². The van der Waals surface area contributed by atoms with Crippen molar-refractivity contribution in [3.05, 3.63) is 23.3 Å². The second-order valence-corrected chi connectivity index (χ2v) is 5.68. The van der Waals surface area contributed by atoms with Gasteiger partial charge in [0.1, 0.15) is 0 Å². The van der Waals surface area contributed by atoms with Gasteiger partial charge in [-0.3, -0.25) is 4.79 Å². The summed E-state index contributed by atoms with van der Waals surface area (Å²) < 4.78 is 11.3. The number of benzene rings is 1. The van der Waals surface area contributed by atoms with Crippen molar-refractivity contribution in [3.63, 3.8) is 0 Å². The Morgan fingerprint density at radius 3 is 2.36 bits per heavy atom. The molecule has 1 aromatic carbocycles. The zero-order valence-corrected chi connectivity index (χ0v) is 13.7. The van der Waals surface area contributed by atoms with E-state index in [0.717, 1.165) is 30.0 Å². The lowest BCUT2D eigenvalue weighted by Crippen LogP contribution is -2.38. The highest BCUT2D eigenvalue weighted by molar-refractivity contribution is 5.77. The molecule has 0 radical (unpaired) electrons. The highest BCUT2D eigenvalue weighted by Crippen LogP contribution is 2.34. The van der Waals surface area contributed by atoms with E-state index in [0.29, 0.717) is 26.2 Å². The zero-order chi connectivity index (χ0) is 16.1. The van der Waals surface area contributed by atoms with E-state index in [1.165, 1.54) is 5.56 Å². The summed E-state index contributed by atoms with van der Waals surface area (Å²) >= 11 is 0. The van der Waals surface area contributed by atoms with E-state index in [9.17, 15) is 4.79 Å². The Balaban J connectivity index is 2.20. The van der Waals surface area contributed by atoms with Gasteiger partial charge < -0.3 is 20.1 Å². The number of amides is 1. The predicted molar refractivity (Wildman–Crippen MR) is 86.2 cm³/mol. The monoisotopic (exact) mass is 306 g/mol. The minimum atomic E-state index is -0.104. The van der Waals surface area contributed by atoms with Crippen molar-refractivity contribution in [2.24, 2.45) is 5.73 Å². The number of nitrogens with zero attached hydrogens (tertiary/aromatic N) is 1. The first-order valence-corrected chi connectivity index (χ1v) is 7.99. The number of hydrogen-bond acceptors (Lipinski definition) is 4. The van der Waals surface area contributed by atoms with Crippen LogP contribution in [0.3, 0.4) is 0 Å². The van der Waals surface area contributed by atoms with Crippen molar-refractivity contribution < 1.29 is 14.3 Å². The fraction of sp³-hybridized carbons (Fsp3) is 0.588. The van der Waals surface area contributed by atoms with Gasteiger partial charge in [-0.05, 0) is 50.5 Å². The minimum absolute atomic E-state index is 0.104. The van der Waals surface area contributed by atoms with E-state index in [4.69, 9.17) is 15.2 Å². The van der Waals surface area contributed by atoms with Gasteiger partial charge in [-0.1, -0.05) is 0 Å². The predicted octanol–water partition coefficient (Wildman–Crippen LogP) is 2.11. The highest BCUT2D eigenvalue weighted by atomic mass is 16.5. The first kappa shape index (κ1) is 16.6. The van der Waals surface area contributed by atoms with Gasteiger partial charge in [0.2, 0.25) is 5.91 Å². The molecule has 0 spiro atoms. The maximum atomic E-state index is 12.2. The number of carbonyl (C=O) groups excluding carboxylic acids is 1. The molecule has 0 fully saturated rings. The fourth-order valence-electron chi connectivity index (χ4n) is 2.72. The minimum Gasteiger partial charge on any atom is -0.490 e. The zero-order valence-electron chi connectivity index (χ0n) is 13.7. The third-order valence-corrected chi connectivity index (χ3v) is 3.73. The quantitative estimate of drug-likeness (QED) is 0.874. The van der Waals surface area contributed by atoms with E-state index in [2.05, 4.69) is 6.07 Å². The lowest BCUT2D eigenvalue weighted by molar-refractivity contribution is -0.132. The number of rotatable bonds is 6. The molecule has 5 nitrogen and oxygen atoms in total. The van der Waals surface area contributed by atoms with Crippen LogP contribution in [-0.2, 0) is 17.8 Å². The molecule has 1 aliphatic rings. The summed E-state index contributed by atoms with van der Waals surface area (Å²) in [7, 11) is 0. The number of nitrogens with two attached hydrogens (primary N) is 1. The van der Waals surface area contributed by atoms with Gasteiger partial charge in [0.05, 0.1) is 13.2 Å². The molecule has 0 bridgehead atoms. The maximum absolute atomic E-state index is 12.2. The number of hydrogen-bond donors (Lipinski definition) is 1.